The van der Waals surface area contributed by atoms with Gasteiger partial charge >= 0.3 is 5.76 Å². The van der Waals surface area contributed by atoms with Crippen molar-refractivity contribution in [1.29, 1.82) is 0 Å². The Morgan fingerprint density at radius 2 is 2.00 bits per heavy atom. The molecule has 0 aliphatic heterocycles. The molecule has 4 nitrogen and oxygen atoms in total. The first-order valence-corrected chi connectivity index (χ1v) is 7.52. The molecule has 0 saturated carbocycles. The van der Waals surface area contributed by atoms with Gasteiger partial charge in [-0.15, -0.1) is 11.3 Å². The van der Waals surface area contributed by atoms with Crippen molar-refractivity contribution in [3.63, 3.8) is 0 Å². The van der Waals surface area contributed by atoms with Crippen LogP contribution in [0.3, 0.4) is 0 Å². The van der Waals surface area contributed by atoms with Gasteiger partial charge in [0.1, 0.15) is 16.6 Å². The third-order valence-corrected chi connectivity index (χ3v) is 4.26. The molecule has 0 atom stereocenters. The molecule has 2 aromatic carbocycles. The molecule has 2 aromatic heterocycles. The number of hydrogen-bond acceptors (Lipinski definition) is 4. The Kier molecular flexibility index (Phi) is 3.09. The van der Waals surface area contributed by atoms with Crippen LogP contribution >= 0.6 is 11.3 Å². The number of halogens is 2. The van der Waals surface area contributed by atoms with Gasteiger partial charge in [0.15, 0.2) is 5.58 Å². The molecule has 7 heteroatoms. The highest BCUT2D eigenvalue weighted by Gasteiger charge is 2.12. The quantitative estimate of drug-likeness (QED) is 0.599. The van der Waals surface area contributed by atoms with Crippen molar-refractivity contribution in [3.05, 3.63) is 64.0 Å². The summed E-state index contributed by atoms with van der Waals surface area (Å²) in [5.74, 6) is -1.81. The van der Waals surface area contributed by atoms with Crippen molar-refractivity contribution in [2.24, 2.45) is 0 Å². The Bertz CT molecular complexity index is 1080. The van der Waals surface area contributed by atoms with E-state index in [1.54, 1.807) is 23.6 Å². The van der Waals surface area contributed by atoms with Gasteiger partial charge in [-0.3, -0.25) is 4.98 Å². The number of aromatic amines is 1. The van der Waals surface area contributed by atoms with Crippen molar-refractivity contribution in [3.8, 4) is 21.8 Å². The number of thiazole rings is 1. The molecule has 0 radical (unpaired) electrons. The minimum atomic E-state index is -0.655. The summed E-state index contributed by atoms with van der Waals surface area (Å²) in [6, 6.07) is 8.58. The van der Waals surface area contributed by atoms with Gasteiger partial charge in [0, 0.05) is 22.6 Å². The van der Waals surface area contributed by atoms with Gasteiger partial charge in [-0.05, 0) is 24.3 Å². The van der Waals surface area contributed by atoms with Gasteiger partial charge in [0.2, 0.25) is 0 Å². The Balaban J connectivity index is 1.77. The molecule has 0 amide bonds. The van der Waals surface area contributed by atoms with Gasteiger partial charge in [-0.1, -0.05) is 6.07 Å². The predicted octanol–water partition coefficient (Wildman–Crippen LogP) is 4.19. The Labute approximate surface area is 132 Å². The highest BCUT2D eigenvalue weighted by atomic mass is 32.1. The maximum atomic E-state index is 13.8. The average molecular weight is 330 g/mol. The van der Waals surface area contributed by atoms with Crippen molar-refractivity contribution in [2.75, 3.05) is 0 Å². The molecule has 2 heterocycles. The molecule has 4 rings (SSSR count). The monoisotopic (exact) mass is 330 g/mol. The summed E-state index contributed by atoms with van der Waals surface area (Å²) in [6.07, 6.45) is 0. The molecular weight excluding hydrogens is 322 g/mol. The zero-order valence-corrected chi connectivity index (χ0v) is 12.3. The Morgan fingerprint density at radius 1 is 1.13 bits per heavy atom. The second-order valence-corrected chi connectivity index (χ2v) is 5.75. The number of fused-ring (bicyclic) bond motifs is 1. The van der Waals surface area contributed by atoms with Crippen LogP contribution < -0.4 is 5.76 Å². The molecule has 0 saturated heterocycles. The third-order valence-electron chi connectivity index (χ3n) is 3.38. The van der Waals surface area contributed by atoms with E-state index < -0.39 is 17.4 Å². The van der Waals surface area contributed by atoms with E-state index in [0.29, 0.717) is 21.8 Å². The van der Waals surface area contributed by atoms with Gasteiger partial charge in [-0.2, -0.15) is 0 Å². The molecule has 0 aliphatic rings. The second-order valence-electron chi connectivity index (χ2n) is 4.89. The maximum Gasteiger partial charge on any atom is 0.417 e. The van der Waals surface area contributed by atoms with E-state index in [9.17, 15) is 13.6 Å². The SMILES string of the molecule is O=c1[nH]c2ccc(-c3csc(-c4ccc(F)cc4F)n3)cc2o1. The van der Waals surface area contributed by atoms with E-state index in [0.717, 1.165) is 11.6 Å². The molecule has 114 valence electrons. The molecule has 23 heavy (non-hydrogen) atoms. The van der Waals surface area contributed by atoms with Gasteiger partial charge in [-0.25, -0.2) is 18.6 Å². The number of oxazole rings is 1. The van der Waals surface area contributed by atoms with Crippen molar-refractivity contribution < 1.29 is 13.2 Å². The van der Waals surface area contributed by atoms with Gasteiger partial charge in [0.05, 0.1) is 11.2 Å². The van der Waals surface area contributed by atoms with Crippen LogP contribution in [0, 0.1) is 11.6 Å². The first kappa shape index (κ1) is 13.8. The summed E-state index contributed by atoms with van der Waals surface area (Å²) in [6.45, 7) is 0. The highest BCUT2D eigenvalue weighted by Crippen LogP contribution is 2.31. The molecule has 0 bridgehead atoms. The standard InChI is InChI=1S/C16H8F2N2O2S/c17-9-2-3-10(11(18)6-9)15-19-13(7-23-15)8-1-4-12-14(5-8)22-16(21)20-12/h1-7H,(H,20,21). The fourth-order valence-corrected chi connectivity index (χ4v) is 3.15. The lowest BCUT2D eigenvalue weighted by Gasteiger charge is -1.99. The number of aromatic nitrogens is 2. The minimum absolute atomic E-state index is 0.247. The van der Waals surface area contributed by atoms with Crippen LogP contribution in [0.25, 0.3) is 32.9 Å². The van der Waals surface area contributed by atoms with Crippen LogP contribution in [-0.4, -0.2) is 9.97 Å². The van der Waals surface area contributed by atoms with Crippen LogP contribution in [0.4, 0.5) is 8.78 Å². The zero-order valence-electron chi connectivity index (χ0n) is 11.5. The lowest BCUT2D eigenvalue weighted by molar-refractivity contribution is 0.555. The lowest BCUT2D eigenvalue weighted by atomic mass is 10.1. The number of rotatable bonds is 2. The summed E-state index contributed by atoms with van der Waals surface area (Å²) >= 11 is 1.25. The van der Waals surface area contributed by atoms with Crippen LogP contribution in [0.2, 0.25) is 0 Å². The Hall–Kier alpha value is -2.80. The van der Waals surface area contributed by atoms with Crippen LogP contribution in [0.15, 0.2) is 51.0 Å². The number of nitrogens with one attached hydrogen (secondary N) is 1. The van der Waals surface area contributed by atoms with Crippen LogP contribution in [0.1, 0.15) is 0 Å². The first-order valence-electron chi connectivity index (χ1n) is 6.64. The van der Waals surface area contributed by atoms with Gasteiger partial charge in [0.25, 0.3) is 0 Å². The third kappa shape index (κ3) is 2.44. The number of hydrogen-bond donors (Lipinski definition) is 1. The van der Waals surface area contributed by atoms with Crippen molar-refractivity contribution in [2.45, 2.75) is 0 Å². The van der Waals surface area contributed by atoms with Gasteiger partial charge < -0.3 is 4.42 Å². The van der Waals surface area contributed by atoms with E-state index in [-0.39, 0.29) is 5.56 Å². The first-order chi connectivity index (χ1) is 11.1. The average Bonchev–Trinajstić information content (AvgIpc) is 3.11. The van der Waals surface area contributed by atoms with Crippen LogP contribution in [0.5, 0.6) is 0 Å². The molecule has 1 N–H and O–H groups in total. The summed E-state index contributed by atoms with van der Waals surface area (Å²) in [5.41, 5.74) is 2.63. The smallest absolute Gasteiger partial charge is 0.408 e. The molecule has 4 aromatic rings. The zero-order chi connectivity index (χ0) is 16.0. The lowest BCUT2D eigenvalue weighted by Crippen LogP contribution is -1.92. The van der Waals surface area contributed by atoms with Crippen LogP contribution in [-0.2, 0) is 0 Å². The summed E-state index contributed by atoms with van der Waals surface area (Å²) in [7, 11) is 0. The molecular formula is C16H8F2N2O2S. The van der Waals surface area contributed by atoms with E-state index in [4.69, 9.17) is 4.42 Å². The molecule has 0 unspecified atom stereocenters. The molecule has 0 spiro atoms. The summed E-state index contributed by atoms with van der Waals surface area (Å²) < 4.78 is 31.8. The van der Waals surface area contributed by atoms with Crippen molar-refractivity contribution >= 4 is 22.4 Å². The number of nitrogens with zero attached hydrogens (tertiary/aromatic N) is 1. The maximum absolute atomic E-state index is 13.8. The summed E-state index contributed by atoms with van der Waals surface area (Å²) in [5, 5.41) is 2.22. The fourth-order valence-electron chi connectivity index (χ4n) is 2.30. The predicted molar refractivity (Wildman–Crippen MR) is 83.3 cm³/mol. The topological polar surface area (TPSA) is 58.9 Å². The minimum Gasteiger partial charge on any atom is -0.408 e. The summed E-state index contributed by atoms with van der Waals surface area (Å²) in [4.78, 5) is 18.1. The van der Waals surface area contributed by atoms with E-state index in [1.165, 1.54) is 23.5 Å². The molecule has 0 fully saturated rings. The Morgan fingerprint density at radius 3 is 2.83 bits per heavy atom. The van der Waals surface area contributed by atoms with E-state index in [2.05, 4.69) is 9.97 Å². The fraction of sp³-hybridized carbons (Fsp3) is 0. The highest BCUT2D eigenvalue weighted by molar-refractivity contribution is 7.13. The number of H-pyrrole nitrogens is 1. The normalized spacial score (nSPS) is 11.2. The van der Waals surface area contributed by atoms with Crippen molar-refractivity contribution in [1.82, 2.24) is 9.97 Å². The number of benzene rings is 2. The molecule has 0 aliphatic carbocycles. The van der Waals surface area contributed by atoms with E-state index in [1.807, 2.05) is 0 Å². The largest absolute Gasteiger partial charge is 0.417 e. The second kappa shape index (κ2) is 5.13. The van der Waals surface area contributed by atoms with E-state index >= 15 is 0 Å².